The third-order valence-electron chi connectivity index (χ3n) is 3.68. The smallest absolute Gasteiger partial charge is 0.263 e. The SMILES string of the molecule is C[C@@H](Oc1ccc(N(C)S(C)(=O)=O)cc1)C(=O)N1CCOCC1. The number of carbonyl (C=O) groups excluding carboxylic acids is 1. The number of rotatable bonds is 5. The monoisotopic (exact) mass is 342 g/mol. The summed E-state index contributed by atoms with van der Waals surface area (Å²) in [6.45, 7) is 3.94. The highest BCUT2D eigenvalue weighted by molar-refractivity contribution is 7.92. The fourth-order valence-corrected chi connectivity index (χ4v) is 2.73. The topological polar surface area (TPSA) is 76.2 Å². The highest BCUT2D eigenvalue weighted by atomic mass is 32.2. The molecule has 0 N–H and O–H groups in total. The number of hydrogen-bond acceptors (Lipinski definition) is 5. The van der Waals surface area contributed by atoms with Gasteiger partial charge in [0, 0.05) is 20.1 Å². The zero-order chi connectivity index (χ0) is 17.0. The predicted molar refractivity (Wildman–Crippen MR) is 87.2 cm³/mol. The van der Waals surface area contributed by atoms with E-state index in [2.05, 4.69) is 0 Å². The Balaban J connectivity index is 1.98. The van der Waals surface area contributed by atoms with Gasteiger partial charge in [0.05, 0.1) is 25.2 Å². The van der Waals surface area contributed by atoms with Gasteiger partial charge in [-0.25, -0.2) is 8.42 Å². The van der Waals surface area contributed by atoms with Crippen molar-refractivity contribution in [3.8, 4) is 5.75 Å². The normalized spacial score (nSPS) is 16.7. The van der Waals surface area contributed by atoms with Crippen LogP contribution >= 0.6 is 0 Å². The van der Waals surface area contributed by atoms with Crippen LogP contribution in [0.15, 0.2) is 24.3 Å². The van der Waals surface area contributed by atoms with Crippen LogP contribution in [0.25, 0.3) is 0 Å². The van der Waals surface area contributed by atoms with Crippen LogP contribution in [-0.2, 0) is 19.6 Å². The van der Waals surface area contributed by atoms with Crippen molar-refractivity contribution in [3.63, 3.8) is 0 Å². The van der Waals surface area contributed by atoms with Crippen molar-refractivity contribution in [1.29, 1.82) is 0 Å². The van der Waals surface area contributed by atoms with Crippen molar-refractivity contribution in [3.05, 3.63) is 24.3 Å². The van der Waals surface area contributed by atoms with Gasteiger partial charge < -0.3 is 14.4 Å². The number of amides is 1. The Bertz CT molecular complexity index is 638. The summed E-state index contributed by atoms with van der Waals surface area (Å²) in [5.41, 5.74) is 0.534. The summed E-state index contributed by atoms with van der Waals surface area (Å²) in [5, 5.41) is 0. The van der Waals surface area contributed by atoms with E-state index in [0.717, 1.165) is 6.26 Å². The minimum Gasteiger partial charge on any atom is -0.481 e. The lowest BCUT2D eigenvalue weighted by atomic mass is 10.2. The van der Waals surface area contributed by atoms with E-state index >= 15 is 0 Å². The Kier molecular flexibility index (Phi) is 5.48. The van der Waals surface area contributed by atoms with Crippen LogP contribution in [0, 0.1) is 0 Å². The second kappa shape index (κ2) is 7.18. The molecule has 1 fully saturated rings. The molecular weight excluding hydrogens is 320 g/mol. The maximum Gasteiger partial charge on any atom is 0.263 e. The summed E-state index contributed by atoms with van der Waals surface area (Å²) in [4.78, 5) is 14.0. The quantitative estimate of drug-likeness (QED) is 0.788. The van der Waals surface area contributed by atoms with Crippen molar-refractivity contribution in [2.75, 3.05) is 43.9 Å². The Morgan fingerprint density at radius 2 is 1.83 bits per heavy atom. The molecule has 1 atom stereocenters. The highest BCUT2D eigenvalue weighted by Gasteiger charge is 2.23. The van der Waals surface area contributed by atoms with Crippen LogP contribution in [0.2, 0.25) is 0 Å². The van der Waals surface area contributed by atoms with E-state index in [-0.39, 0.29) is 5.91 Å². The molecule has 1 aromatic rings. The van der Waals surface area contributed by atoms with E-state index in [1.165, 1.54) is 11.4 Å². The average molecular weight is 342 g/mol. The van der Waals surface area contributed by atoms with Crippen LogP contribution in [0.5, 0.6) is 5.75 Å². The van der Waals surface area contributed by atoms with E-state index in [1.807, 2.05) is 0 Å². The van der Waals surface area contributed by atoms with Gasteiger partial charge in [0.25, 0.3) is 5.91 Å². The molecule has 7 nitrogen and oxygen atoms in total. The van der Waals surface area contributed by atoms with Gasteiger partial charge in [-0.3, -0.25) is 9.10 Å². The first-order chi connectivity index (χ1) is 10.8. The van der Waals surface area contributed by atoms with Crippen molar-refractivity contribution in [2.24, 2.45) is 0 Å². The number of hydrogen-bond donors (Lipinski definition) is 0. The third kappa shape index (κ3) is 4.59. The zero-order valence-corrected chi connectivity index (χ0v) is 14.4. The molecule has 1 aliphatic rings. The number of nitrogens with zero attached hydrogens (tertiary/aromatic N) is 2. The van der Waals surface area contributed by atoms with Gasteiger partial charge >= 0.3 is 0 Å². The number of anilines is 1. The molecule has 1 amide bonds. The Hall–Kier alpha value is -1.80. The summed E-state index contributed by atoms with van der Waals surface area (Å²) in [6, 6.07) is 6.59. The van der Waals surface area contributed by atoms with Crippen LogP contribution < -0.4 is 9.04 Å². The largest absolute Gasteiger partial charge is 0.481 e. The summed E-state index contributed by atoms with van der Waals surface area (Å²) in [5.74, 6) is 0.440. The predicted octanol–water partition coefficient (Wildman–Crippen LogP) is 0.708. The van der Waals surface area contributed by atoms with Gasteiger partial charge in [-0.05, 0) is 31.2 Å². The Morgan fingerprint density at radius 1 is 1.26 bits per heavy atom. The van der Waals surface area contributed by atoms with Crippen molar-refractivity contribution < 1.29 is 22.7 Å². The first-order valence-electron chi connectivity index (χ1n) is 7.36. The Labute approximate surface area is 136 Å². The van der Waals surface area contributed by atoms with Crippen LogP contribution in [0.1, 0.15) is 6.92 Å². The first-order valence-corrected chi connectivity index (χ1v) is 9.21. The molecule has 1 saturated heterocycles. The minimum absolute atomic E-state index is 0.0781. The molecule has 0 aromatic heterocycles. The lowest BCUT2D eigenvalue weighted by Gasteiger charge is -2.29. The Morgan fingerprint density at radius 3 is 2.35 bits per heavy atom. The molecule has 0 spiro atoms. The number of benzene rings is 1. The fourth-order valence-electron chi connectivity index (χ4n) is 2.22. The van der Waals surface area contributed by atoms with Crippen molar-refractivity contribution in [2.45, 2.75) is 13.0 Å². The second-order valence-electron chi connectivity index (χ2n) is 5.42. The average Bonchev–Trinajstić information content (AvgIpc) is 2.54. The van der Waals surface area contributed by atoms with E-state index in [9.17, 15) is 13.2 Å². The number of morpholine rings is 1. The molecule has 0 radical (unpaired) electrons. The maximum atomic E-state index is 12.3. The van der Waals surface area contributed by atoms with Gasteiger partial charge in [-0.2, -0.15) is 0 Å². The number of ether oxygens (including phenoxy) is 2. The van der Waals surface area contributed by atoms with Crippen LogP contribution in [0.4, 0.5) is 5.69 Å². The standard InChI is InChI=1S/C15H22N2O5S/c1-12(15(18)17-8-10-21-11-9-17)22-14-6-4-13(5-7-14)16(2)23(3,19)20/h4-7,12H,8-11H2,1-3H3/t12-/m1/s1. The second-order valence-corrected chi connectivity index (χ2v) is 7.44. The molecule has 0 saturated carbocycles. The van der Waals surface area contributed by atoms with Gasteiger partial charge in [0.2, 0.25) is 10.0 Å². The highest BCUT2D eigenvalue weighted by Crippen LogP contribution is 2.21. The van der Waals surface area contributed by atoms with Crippen LogP contribution in [-0.4, -0.2) is 64.9 Å². The molecule has 0 unspecified atom stereocenters. The molecule has 1 heterocycles. The number of sulfonamides is 1. The van der Waals surface area contributed by atoms with Gasteiger partial charge in [-0.1, -0.05) is 0 Å². The molecule has 1 aromatic carbocycles. The van der Waals surface area contributed by atoms with E-state index < -0.39 is 16.1 Å². The lowest BCUT2D eigenvalue weighted by molar-refractivity contribution is -0.142. The zero-order valence-electron chi connectivity index (χ0n) is 13.6. The van der Waals surface area contributed by atoms with Gasteiger partial charge in [0.15, 0.2) is 6.10 Å². The molecule has 1 aliphatic heterocycles. The van der Waals surface area contributed by atoms with E-state index in [0.29, 0.717) is 37.7 Å². The molecule has 2 rings (SSSR count). The van der Waals surface area contributed by atoms with E-state index in [4.69, 9.17) is 9.47 Å². The maximum absolute atomic E-state index is 12.3. The van der Waals surface area contributed by atoms with Gasteiger partial charge in [0.1, 0.15) is 5.75 Å². The van der Waals surface area contributed by atoms with Crippen molar-refractivity contribution in [1.82, 2.24) is 4.90 Å². The van der Waals surface area contributed by atoms with Crippen molar-refractivity contribution >= 4 is 21.6 Å². The summed E-state index contributed by atoms with van der Waals surface area (Å²) < 4.78 is 35.0. The lowest BCUT2D eigenvalue weighted by Crippen LogP contribution is -2.46. The van der Waals surface area contributed by atoms with Gasteiger partial charge in [-0.15, -0.1) is 0 Å². The summed E-state index contributed by atoms with van der Waals surface area (Å²) in [6.07, 6.45) is 0.534. The molecule has 128 valence electrons. The minimum atomic E-state index is -3.30. The molecule has 0 bridgehead atoms. The molecule has 8 heteroatoms. The molecule has 23 heavy (non-hydrogen) atoms. The summed E-state index contributed by atoms with van der Waals surface area (Å²) in [7, 11) is -1.82. The first kappa shape index (κ1) is 17.6. The van der Waals surface area contributed by atoms with E-state index in [1.54, 1.807) is 36.1 Å². The fraction of sp³-hybridized carbons (Fsp3) is 0.533. The van der Waals surface area contributed by atoms with Crippen LogP contribution in [0.3, 0.4) is 0 Å². The third-order valence-corrected chi connectivity index (χ3v) is 4.89. The molecule has 0 aliphatic carbocycles. The molecular formula is C15H22N2O5S. The number of carbonyl (C=O) groups is 1. The summed E-state index contributed by atoms with van der Waals surface area (Å²) >= 11 is 0.